The Labute approximate surface area is 110 Å². The molecule has 0 unspecified atom stereocenters. The summed E-state index contributed by atoms with van der Waals surface area (Å²) in [6, 6.07) is 1.55. The number of nitrogens with one attached hydrogen (secondary N) is 1. The van der Waals surface area contributed by atoms with Crippen LogP contribution in [0.2, 0.25) is 0 Å². The zero-order valence-corrected chi connectivity index (χ0v) is 10.6. The van der Waals surface area contributed by atoms with Crippen LogP contribution in [0.1, 0.15) is 34.7 Å². The molecule has 0 bridgehead atoms. The van der Waals surface area contributed by atoms with Crippen molar-refractivity contribution in [2.75, 3.05) is 6.54 Å². The lowest BCUT2D eigenvalue weighted by molar-refractivity contribution is 0.0915. The summed E-state index contributed by atoms with van der Waals surface area (Å²) in [7, 11) is 0. The number of carbonyl (C=O) groups is 1. The molecule has 1 N–H and O–H groups in total. The Morgan fingerprint density at radius 3 is 3.16 bits per heavy atom. The summed E-state index contributed by atoms with van der Waals surface area (Å²) in [5, 5.41) is 10.7. The average molecular weight is 260 g/mol. The van der Waals surface area contributed by atoms with Crippen LogP contribution in [0.3, 0.4) is 0 Å². The maximum Gasteiger partial charge on any atom is 0.289 e. The van der Waals surface area contributed by atoms with E-state index in [2.05, 4.69) is 15.6 Å². The Bertz CT molecular complexity index is 559. The maximum absolute atomic E-state index is 11.6. The predicted molar refractivity (Wildman–Crippen MR) is 67.7 cm³/mol. The molecule has 19 heavy (non-hydrogen) atoms. The third-order valence-electron chi connectivity index (χ3n) is 3.42. The van der Waals surface area contributed by atoms with Gasteiger partial charge in [0.05, 0.1) is 18.9 Å². The molecule has 0 aromatic carbocycles. The fourth-order valence-electron chi connectivity index (χ4n) is 2.44. The van der Waals surface area contributed by atoms with Crippen molar-refractivity contribution >= 4 is 5.91 Å². The van der Waals surface area contributed by atoms with E-state index in [0.29, 0.717) is 13.1 Å². The first-order chi connectivity index (χ1) is 9.34. The lowest BCUT2D eigenvalue weighted by Gasteiger charge is -2.13. The predicted octanol–water partition coefficient (Wildman–Crippen LogP) is 1.18. The van der Waals surface area contributed by atoms with E-state index in [4.69, 9.17) is 4.52 Å². The molecule has 3 rings (SSSR count). The van der Waals surface area contributed by atoms with Crippen LogP contribution in [-0.2, 0) is 19.4 Å². The fourth-order valence-corrected chi connectivity index (χ4v) is 2.44. The summed E-state index contributed by atoms with van der Waals surface area (Å²) in [4.78, 5) is 11.6. The first-order valence-corrected chi connectivity index (χ1v) is 6.57. The zero-order chi connectivity index (χ0) is 13.1. The van der Waals surface area contributed by atoms with E-state index in [-0.39, 0.29) is 11.7 Å². The van der Waals surface area contributed by atoms with Gasteiger partial charge in [0.2, 0.25) is 5.76 Å². The van der Waals surface area contributed by atoms with E-state index in [1.54, 1.807) is 6.07 Å². The number of nitrogens with zero attached hydrogens (tertiary/aromatic N) is 3. The van der Waals surface area contributed by atoms with Gasteiger partial charge in [0, 0.05) is 18.3 Å². The normalized spacial score (nSPS) is 14.1. The molecule has 1 aliphatic carbocycles. The summed E-state index contributed by atoms with van der Waals surface area (Å²) >= 11 is 0. The van der Waals surface area contributed by atoms with Crippen molar-refractivity contribution in [2.24, 2.45) is 0 Å². The van der Waals surface area contributed by atoms with Crippen LogP contribution >= 0.6 is 0 Å². The van der Waals surface area contributed by atoms with E-state index in [1.165, 1.54) is 30.3 Å². The van der Waals surface area contributed by atoms with E-state index in [0.717, 1.165) is 12.8 Å². The van der Waals surface area contributed by atoms with Crippen molar-refractivity contribution in [3.05, 3.63) is 35.5 Å². The molecule has 0 saturated heterocycles. The second-order valence-electron chi connectivity index (χ2n) is 4.68. The number of aromatic nitrogens is 3. The molecule has 2 heterocycles. The van der Waals surface area contributed by atoms with Crippen LogP contribution in [0.15, 0.2) is 23.0 Å². The molecule has 0 atom stereocenters. The first kappa shape index (κ1) is 12.0. The van der Waals surface area contributed by atoms with Gasteiger partial charge in [-0.25, -0.2) is 0 Å². The third kappa shape index (κ3) is 2.52. The molecule has 0 aliphatic heterocycles. The quantitative estimate of drug-likeness (QED) is 0.896. The van der Waals surface area contributed by atoms with E-state index >= 15 is 0 Å². The fraction of sp³-hybridized carbons (Fsp3) is 0.462. The molecule has 2 aromatic rings. The minimum atomic E-state index is -0.237. The van der Waals surface area contributed by atoms with Crippen molar-refractivity contribution in [3.8, 4) is 0 Å². The highest BCUT2D eigenvalue weighted by Gasteiger charge is 2.15. The highest BCUT2D eigenvalue weighted by molar-refractivity contribution is 5.91. The zero-order valence-electron chi connectivity index (χ0n) is 10.6. The van der Waals surface area contributed by atoms with Crippen LogP contribution in [0.25, 0.3) is 0 Å². The van der Waals surface area contributed by atoms with Gasteiger partial charge >= 0.3 is 0 Å². The molecule has 0 fully saturated rings. The molecule has 2 aromatic heterocycles. The number of fused-ring (bicyclic) bond motifs is 1. The van der Waals surface area contributed by atoms with Crippen LogP contribution in [0.5, 0.6) is 0 Å². The molecule has 1 amide bonds. The number of hydrogen-bond donors (Lipinski definition) is 1. The number of rotatable bonds is 4. The SMILES string of the molecule is O=C(NCCn1ncc2c1CCCC2)c1ccno1. The third-order valence-corrected chi connectivity index (χ3v) is 3.42. The molecule has 0 radical (unpaired) electrons. The Morgan fingerprint density at radius 2 is 2.32 bits per heavy atom. The number of hydrogen-bond acceptors (Lipinski definition) is 4. The Balaban J connectivity index is 1.55. The van der Waals surface area contributed by atoms with Crippen LogP contribution in [0.4, 0.5) is 0 Å². The van der Waals surface area contributed by atoms with Crippen LogP contribution < -0.4 is 5.32 Å². The highest BCUT2D eigenvalue weighted by Crippen LogP contribution is 2.20. The van der Waals surface area contributed by atoms with Crippen molar-refractivity contribution in [2.45, 2.75) is 32.2 Å². The van der Waals surface area contributed by atoms with Crippen LogP contribution in [-0.4, -0.2) is 27.4 Å². The molecule has 6 nitrogen and oxygen atoms in total. The summed E-state index contributed by atoms with van der Waals surface area (Å²) in [6.45, 7) is 1.23. The highest BCUT2D eigenvalue weighted by atomic mass is 16.5. The van der Waals surface area contributed by atoms with Crippen molar-refractivity contribution in [1.82, 2.24) is 20.3 Å². The largest absolute Gasteiger partial charge is 0.351 e. The van der Waals surface area contributed by atoms with Gasteiger partial charge in [-0.05, 0) is 31.2 Å². The standard InChI is InChI=1S/C13H16N4O2/c18-13(12-5-6-16-19-12)14-7-8-17-11-4-2-1-3-10(11)9-15-17/h5-6,9H,1-4,7-8H2,(H,14,18). The summed E-state index contributed by atoms with van der Waals surface area (Å²) in [5.41, 5.74) is 2.67. The van der Waals surface area contributed by atoms with Gasteiger partial charge in [-0.15, -0.1) is 0 Å². The number of carbonyl (C=O) groups excluding carboxylic acids is 1. The topological polar surface area (TPSA) is 73.0 Å². The van der Waals surface area contributed by atoms with E-state index in [9.17, 15) is 4.79 Å². The Hall–Kier alpha value is -2.11. The Kier molecular flexibility index (Phi) is 3.31. The minimum Gasteiger partial charge on any atom is -0.351 e. The summed E-state index contributed by atoms with van der Waals surface area (Å²) in [6.07, 6.45) is 8.10. The maximum atomic E-state index is 11.6. The molecule has 1 aliphatic rings. The summed E-state index contributed by atoms with van der Waals surface area (Å²) in [5.74, 6) is 0.000943. The Morgan fingerprint density at radius 1 is 1.42 bits per heavy atom. The average Bonchev–Trinajstić information content (AvgIpc) is 3.08. The monoisotopic (exact) mass is 260 g/mol. The van der Waals surface area contributed by atoms with Crippen LogP contribution in [0, 0.1) is 0 Å². The molecular weight excluding hydrogens is 244 g/mol. The van der Waals surface area contributed by atoms with Gasteiger partial charge in [0.25, 0.3) is 5.91 Å². The van der Waals surface area contributed by atoms with Gasteiger partial charge in [-0.2, -0.15) is 5.10 Å². The second kappa shape index (κ2) is 5.26. The molecule has 6 heteroatoms. The lowest BCUT2D eigenvalue weighted by Crippen LogP contribution is -2.27. The lowest BCUT2D eigenvalue weighted by atomic mass is 9.98. The number of aryl methyl sites for hydroxylation is 1. The van der Waals surface area contributed by atoms with Gasteiger partial charge in [-0.3, -0.25) is 9.48 Å². The van der Waals surface area contributed by atoms with E-state index in [1.807, 2.05) is 10.9 Å². The van der Waals surface area contributed by atoms with Crippen molar-refractivity contribution < 1.29 is 9.32 Å². The van der Waals surface area contributed by atoms with Gasteiger partial charge in [0.15, 0.2) is 0 Å². The van der Waals surface area contributed by atoms with Crippen molar-refractivity contribution in [1.29, 1.82) is 0 Å². The minimum absolute atomic E-state index is 0.237. The summed E-state index contributed by atoms with van der Waals surface area (Å²) < 4.78 is 6.78. The molecular formula is C13H16N4O2. The van der Waals surface area contributed by atoms with Gasteiger partial charge in [-0.1, -0.05) is 5.16 Å². The molecule has 100 valence electrons. The van der Waals surface area contributed by atoms with Crippen molar-refractivity contribution in [3.63, 3.8) is 0 Å². The molecule has 0 spiro atoms. The smallest absolute Gasteiger partial charge is 0.289 e. The first-order valence-electron chi connectivity index (χ1n) is 6.57. The molecule has 0 saturated carbocycles. The van der Waals surface area contributed by atoms with Gasteiger partial charge < -0.3 is 9.84 Å². The van der Waals surface area contributed by atoms with Gasteiger partial charge in [0.1, 0.15) is 0 Å². The van der Waals surface area contributed by atoms with E-state index < -0.39 is 0 Å². The number of amides is 1. The second-order valence-corrected chi connectivity index (χ2v) is 4.68.